The molecule has 1 aliphatic heterocycles. The Labute approximate surface area is 82.0 Å². The summed E-state index contributed by atoms with van der Waals surface area (Å²) in [5.74, 6) is 0. The zero-order valence-corrected chi connectivity index (χ0v) is 9.53. The largest absolute Gasteiger partial charge is 0.367 e. The Balaban J connectivity index is 3.02. The second-order valence-electron chi connectivity index (χ2n) is 4.46. The smallest absolute Gasteiger partial charge is 0.143 e. The van der Waals surface area contributed by atoms with E-state index in [1.807, 2.05) is 27.7 Å². The third-order valence-electron chi connectivity index (χ3n) is 2.33. The first-order valence-corrected chi connectivity index (χ1v) is 4.82. The first-order chi connectivity index (χ1) is 5.22. The minimum Gasteiger partial charge on any atom is -0.367 e. The lowest BCUT2D eigenvalue weighted by atomic mass is 9.88. The van der Waals surface area contributed by atoms with Crippen LogP contribution in [0.1, 0.15) is 34.1 Å². The molecule has 1 heterocycles. The molecule has 0 radical (unpaired) electrons. The maximum absolute atomic E-state index is 9.02. The summed E-state index contributed by atoms with van der Waals surface area (Å²) in [5, 5.41) is 9.02. The lowest BCUT2D eigenvalue weighted by molar-refractivity contribution is -0.0665. The number of halogens is 1. The summed E-state index contributed by atoms with van der Waals surface area (Å²) in [6.45, 7) is 7.91. The summed E-state index contributed by atoms with van der Waals surface area (Å²) in [6, 6.07) is 2.28. The fourth-order valence-electron chi connectivity index (χ4n) is 1.78. The van der Waals surface area contributed by atoms with Gasteiger partial charge in [0.2, 0.25) is 0 Å². The topological polar surface area (TPSA) is 33.0 Å². The molecule has 1 saturated heterocycles. The number of hydrogen-bond acceptors (Lipinski definition) is 2. The second-order valence-corrected chi connectivity index (χ2v) is 5.82. The fourth-order valence-corrected chi connectivity index (χ4v) is 2.54. The van der Waals surface area contributed by atoms with Crippen LogP contribution in [0, 0.1) is 11.3 Å². The van der Waals surface area contributed by atoms with Crippen molar-refractivity contribution in [3.63, 3.8) is 0 Å². The number of nitrogens with zero attached hydrogens (tertiary/aromatic N) is 1. The Hall–Kier alpha value is -0.0700. The van der Waals surface area contributed by atoms with Gasteiger partial charge in [-0.25, -0.2) is 0 Å². The Morgan fingerprint density at radius 2 is 1.83 bits per heavy atom. The third-order valence-corrected chi connectivity index (χ3v) is 3.74. The molecule has 0 aromatic carbocycles. The van der Waals surface area contributed by atoms with E-state index in [0.29, 0.717) is 0 Å². The zero-order chi connectivity index (χ0) is 9.62. The molecule has 0 spiro atoms. The summed E-state index contributed by atoms with van der Waals surface area (Å²) >= 11 is 3.46. The summed E-state index contributed by atoms with van der Waals surface area (Å²) < 4.78 is 5.24. The van der Waals surface area contributed by atoms with Gasteiger partial charge in [-0.15, -0.1) is 0 Å². The summed E-state index contributed by atoms with van der Waals surface area (Å²) in [5.41, 5.74) is -0.617. The van der Waals surface area contributed by atoms with Crippen molar-refractivity contribution in [2.75, 3.05) is 0 Å². The average Bonchev–Trinajstić information content (AvgIpc) is 1.98. The molecule has 1 fully saturated rings. The molecule has 0 amide bonds. The Morgan fingerprint density at radius 3 is 2.00 bits per heavy atom. The van der Waals surface area contributed by atoms with E-state index in [0.717, 1.165) is 6.42 Å². The van der Waals surface area contributed by atoms with Crippen LogP contribution >= 0.6 is 15.9 Å². The van der Waals surface area contributed by atoms with Crippen molar-refractivity contribution >= 4 is 15.9 Å². The van der Waals surface area contributed by atoms with Crippen LogP contribution in [-0.2, 0) is 4.74 Å². The lowest BCUT2D eigenvalue weighted by Crippen LogP contribution is -2.39. The molecule has 3 heteroatoms. The van der Waals surface area contributed by atoms with Crippen LogP contribution in [0.2, 0.25) is 0 Å². The van der Waals surface area contributed by atoms with Crippen LogP contribution in [0.3, 0.4) is 0 Å². The highest BCUT2D eigenvalue weighted by Gasteiger charge is 2.56. The van der Waals surface area contributed by atoms with Crippen molar-refractivity contribution in [3.8, 4) is 6.07 Å². The molecule has 1 atom stereocenters. The molecule has 0 aromatic heterocycles. The van der Waals surface area contributed by atoms with E-state index in [1.165, 1.54) is 0 Å². The quantitative estimate of drug-likeness (QED) is 0.601. The summed E-state index contributed by atoms with van der Waals surface area (Å²) in [4.78, 5) is 0. The molecule has 0 aromatic rings. The predicted octanol–water partition coefficient (Wildman–Crippen LogP) is 2.62. The van der Waals surface area contributed by atoms with Crippen molar-refractivity contribution < 1.29 is 4.74 Å². The molecular weight excluding hydrogens is 218 g/mol. The van der Waals surface area contributed by atoms with Crippen LogP contribution in [0.4, 0.5) is 0 Å². The van der Waals surface area contributed by atoms with Gasteiger partial charge >= 0.3 is 0 Å². The first kappa shape index (κ1) is 10.0. The number of nitriles is 1. The van der Waals surface area contributed by atoms with Crippen LogP contribution < -0.4 is 0 Å². The molecular formula is C9H14BrNO. The van der Waals surface area contributed by atoms with Gasteiger partial charge in [-0.2, -0.15) is 5.26 Å². The number of hydrogen-bond donors (Lipinski definition) is 0. The molecule has 0 bridgehead atoms. The van der Waals surface area contributed by atoms with E-state index in [9.17, 15) is 0 Å². The Morgan fingerprint density at radius 1 is 1.33 bits per heavy atom. The zero-order valence-electron chi connectivity index (χ0n) is 7.94. The number of alkyl halides is 1. The SMILES string of the molecule is CC1(C)CC(Br)(C#N)C(C)(C)O1. The number of ether oxygens (including phenoxy) is 1. The standard InChI is InChI=1S/C9H14BrNO/c1-7(2)5-9(10,6-11)8(3,4)12-7/h5H2,1-4H3. The van der Waals surface area contributed by atoms with E-state index in [4.69, 9.17) is 10.00 Å². The lowest BCUT2D eigenvalue weighted by Gasteiger charge is -2.28. The molecule has 2 nitrogen and oxygen atoms in total. The Bertz CT molecular complexity index is 241. The van der Waals surface area contributed by atoms with Gasteiger partial charge in [0.25, 0.3) is 0 Å². The monoisotopic (exact) mass is 231 g/mol. The highest BCUT2D eigenvalue weighted by molar-refractivity contribution is 9.10. The number of rotatable bonds is 0. The molecule has 12 heavy (non-hydrogen) atoms. The highest BCUT2D eigenvalue weighted by atomic mass is 79.9. The van der Waals surface area contributed by atoms with Crippen molar-refractivity contribution in [2.45, 2.75) is 49.6 Å². The van der Waals surface area contributed by atoms with Gasteiger partial charge in [0.15, 0.2) is 0 Å². The van der Waals surface area contributed by atoms with Gasteiger partial charge in [-0.3, -0.25) is 0 Å². The van der Waals surface area contributed by atoms with E-state index in [2.05, 4.69) is 22.0 Å². The Kier molecular flexibility index (Phi) is 2.05. The normalized spacial score (nSPS) is 37.7. The van der Waals surface area contributed by atoms with Crippen molar-refractivity contribution in [3.05, 3.63) is 0 Å². The first-order valence-electron chi connectivity index (χ1n) is 4.03. The van der Waals surface area contributed by atoms with Gasteiger partial charge in [-0.05, 0) is 27.7 Å². The predicted molar refractivity (Wildman–Crippen MR) is 51.1 cm³/mol. The molecule has 0 aliphatic carbocycles. The fraction of sp³-hybridized carbons (Fsp3) is 0.889. The minimum absolute atomic E-state index is 0.206. The maximum atomic E-state index is 9.02. The van der Waals surface area contributed by atoms with E-state index in [1.54, 1.807) is 0 Å². The van der Waals surface area contributed by atoms with E-state index < -0.39 is 9.93 Å². The highest BCUT2D eigenvalue weighted by Crippen LogP contribution is 2.49. The van der Waals surface area contributed by atoms with Crippen molar-refractivity contribution in [2.24, 2.45) is 0 Å². The van der Waals surface area contributed by atoms with E-state index >= 15 is 0 Å². The van der Waals surface area contributed by atoms with Gasteiger partial charge in [0, 0.05) is 6.42 Å². The maximum Gasteiger partial charge on any atom is 0.143 e. The van der Waals surface area contributed by atoms with Crippen LogP contribution in [0.25, 0.3) is 0 Å². The van der Waals surface area contributed by atoms with Crippen LogP contribution in [0.15, 0.2) is 0 Å². The molecule has 1 aliphatic rings. The van der Waals surface area contributed by atoms with E-state index in [-0.39, 0.29) is 5.60 Å². The van der Waals surface area contributed by atoms with Crippen molar-refractivity contribution in [1.82, 2.24) is 0 Å². The van der Waals surface area contributed by atoms with Gasteiger partial charge in [0.05, 0.1) is 17.3 Å². The van der Waals surface area contributed by atoms with Crippen LogP contribution in [0.5, 0.6) is 0 Å². The molecule has 1 unspecified atom stereocenters. The summed E-state index contributed by atoms with van der Waals surface area (Å²) in [6.07, 6.45) is 0.726. The minimum atomic E-state index is -0.538. The molecule has 0 saturated carbocycles. The van der Waals surface area contributed by atoms with Gasteiger partial charge in [0.1, 0.15) is 4.32 Å². The van der Waals surface area contributed by atoms with Crippen LogP contribution in [-0.4, -0.2) is 15.5 Å². The molecule has 68 valence electrons. The average molecular weight is 232 g/mol. The van der Waals surface area contributed by atoms with Gasteiger partial charge in [-0.1, -0.05) is 15.9 Å². The second kappa shape index (κ2) is 2.46. The third kappa shape index (κ3) is 1.38. The molecule has 0 N–H and O–H groups in total. The molecule has 1 rings (SSSR count). The summed E-state index contributed by atoms with van der Waals surface area (Å²) in [7, 11) is 0. The van der Waals surface area contributed by atoms with Crippen molar-refractivity contribution in [1.29, 1.82) is 5.26 Å². The van der Waals surface area contributed by atoms with Gasteiger partial charge < -0.3 is 4.74 Å².